The van der Waals surface area contributed by atoms with Crippen molar-refractivity contribution in [1.82, 2.24) is 24.7 Å². The van der Waals surface area contributed by atoms with Crippen molar-refractivity contribution >= 4 is 23.0 Å². The van der Waals surface area contributed by atoms with E-state index in [1.807, 2.05) is 36.7 Å². The van der Waals surface area contributed by atoms with Crippen molar-refractivity contribution in [2.45, 2.75) is 46.1 Å². The van der Waals surface area contributed by atoms with Crippen molar-refractivity contribution < 1.29 is 4.79 Å². The Morgan fingerprint density at radius 2 is 2.17 bits per heavy atom. The Bertz CT molecular complexity index is 834. The molecule has 1 N–H and O–H groups in total. The van der Waals surface area contributed by atoms with Crippen LogP contribution in [0.2, 0.25) is 0 Å². The molecule has 0 bridgehead atoms. The summed E-state index contributed by atoms with van der Waals surface area (Å²) < 4.78 is 1.86. The Morgan fingerprint density at radius 1 is 1.38 bits per heavy atom. The Kier molecular flexibility index (Phi) is 4.62. The van der Waals surface area contributed by atoms with Gasteiger partial charge in [-0.1, -0.05) is 20.8 Å². The van der Waals surface area contributed by atoms with Crippen LogP contribution in [0.15, 0.2) is 24.7 Å². The molecule has 0 unspecified atom stereocenters. The predicted octanol–water partition coefficient (Wildman–Crippen LogP) is 3.50. The normalized spacial score (nSPS) is 12.7. The van der Waals surface area contributed by atoms with E-state index in [-0.39, 0.29) is 11.9 Å². The number of thiazole rings is 1. The van der Waals surface area contributed by atoms with E-state index in [4.69, 9.17) is 0 Å². The highest BCUT2D eigenvalue weighted by Gasteiger charge is 2.21. The van der Waals surface area contributed by atoms with Gasteiger partial charge in [0.15, 0.2) is 0 Å². The summed E-state index contributed by atoms with van der Waals surface area (Å²) >= 11 is 1.47. The van der Waals surface area contributed by atoms with Crippen LogP contribution in [0.3, 0.4) is 0 Å². The monoisotopic (exact) mass is 343 g/mol. The van der Waals surface area contributed by atoms with Gasteiger partial charge < -0.3 is 5.32 Å². The van der Waals surface area contributed by atoms with Crippen LogP contribution in [0.25, 0.3) is 5.78 Å². The van der Waals surface area contributed by atoms with Gasteiger partial charge in [0.2, 0.25) is 5.78 Å². The zero-order valence-electron chi connectivity index (χ0n) is 14.3. The van der Waals surface area contributed by atoms with Gasteiger partial charge in [-0.05, 0) is 19.4 Å². The van der Waals surface area contributed by atoms with Crippen LogP contribution < -0.4 is 5.32 Å². The summed E-state index contributed by atoms with van der Waals surface area (Å²) in [5.41, 5.74) is 1.60. The van der Waals surface area contributed by atoms with Crippen LogP contribution >= 0.6 is 11.3 Å². The van der Waals surface area contributed by atoms with Gasteiger partial charge in [-0.3, -0.25) is 9.20 Å². The maximum Gasteiger partial charge on any atom is 0.263 e. The second-order valence-electron chi connectivity index (χ2n) is 6.05. The maximum absolute atomic E-state index is 12.7. The minimum Gasteiger partial charge on any atom is -0.343 e. The van der Waals surface area contributed by atoms with Crippen LogP contribution in [0, 0.1) is 6.92 Å². The van der Waals surface area contributed by atoms with E-state index in [0.717, 1.165) is 22.8 Å². The number of aromatic nitrogens is 4. The average molecular weight is 343 g/mol. The number of fused-ring (bicyclic) bond motifs is 1. The van der Waals surface area contributed by atoms with Crippen molar-refractivity contribution in [2.24, 2.45) is 0 Å². The Balaban J connectivity index is 1.83. The van der Waals surface area contributed by atoms with Gasteiger partial charge in [0.05, 0.1) is 22.4 Å². The third kappa shape index (κ3) is 3.17. The second-order valence-corrected chi connectivity index (χ2v) is 7.08. The summed E-state index contributed by atoms with van der Waals surface area (Å²) in [6.45, 7) is 8.07. The molecular formula is C17H21N5OS. The fourth-order valence-corrected chi connectivity index (χ4v) is 3.47. The number of rotatable bonds is 5. The van der Waals surface area contributed by atoms with Gasteiger partial charge in [0.1, 0.15) is 4.88 Å². The molecule has 0 spiro atoms. The van der Waals surface area contributed by atoms with E-state index in [0.29, 0.717) is 16.6 Å². The molecule has 0 aliphatic rings. The molecule has 3 aromatic heterocycles. The van der Waals surface area contributed by atoms with Crippen molar-refractivity contribution in [3.63, 3.8) is 0 Å². The largest absolute Gasteiger partial charge is 0.343 e. The number of carbonyl (C=O) groups is 1. The predicted molar refractivity (Wildman–Crippen MR) is 94.4 cm³/mol. The van der Waals surface area contributed by atoms with Gasteiger partial charge in [-0.15, -0.1) is 11.3 Å². The molecule has 7 heteroatoms. The topological polar surface area (TPSA) is 72.2 Å². The van der Waals surface area contributed by atoms with E-state index >= 15 is 0 Å². The van der Waals surface area contributed by atoms with E-state index in [2.05, 4.69) is 34.1 Å². The van der Waals surface area contributed by atoms with Crippen molar-refractivity contribution in [1.29, 1.82) is 0 Å². The Hall–Kier alpha value is -2.28. The molecule has 1 atom stereocenters. The number of hydrogen-bond donors (Lipinski definition) is 1. The van der Waals surface area contributed by atoms with Gasteiger partial charge in [-0.2, -0.15) is 0 Å². The summed E-state index contributed by atoms with van der Waals surface area (Å²) in [5.74, 6) is 0.867. The zero-order valence-corrected chi connectivity index (χ0v) is 15.1. The molecule has 0 radical (unpaired) electrons. The molecule has 1 amide bonds. The molecule has 6 nitrogen and oxygen atoms in total. The molecule has 0 aromatic carbocycles. The quantitative estimate of drug-likeness (QED) is 0.769. The zero-order chi connectivity index (χ0) is 17.3. The molecule has 0 fully saturated rings. The lowest BCUT2D eigenvalue weighted by Crippen LogP contribution is -2.28. The Labute approximate surface area is 145 Å². The number of nitrogens with one attached hydrogen (secondary N) is 1. The molecule has 0 aliphatic carbocycles. The number of amides is 1. The molecule has 126 valence electrons. The lowest BCUT2D eigenvalue weighted by Gasteiger charge is -2.14. The molecular weight excluding hydrogens is 322 g/mol. The number of nitrogens with zero attached hydrogens (tertiary/aromatic N) is 4. The van der Waals surface area contributed by atoms with Crippen molar-refractivity contribution in [2.75, 3.05) is 0 Å². The molecule has 24 heavy (non-hydrogen) atoms. The van der Waals surface area contributed by atoms with E-state index in [1.165, 1.54) is 11.3 Å². The highest BCUT2D eigenvalue weighted by Crippen LogP contribution is 2.25. The third-order valence-electron chi connectivity index (χ3n) is 3.84. The first kappa shape index (κ1) is 16.6. The number of aryl methyl sites for hydroxylation is 1. The first-order valence-corrected chi connectivity index (χ1v) is 8.89. The van der Waals surface area contributed by atoms with Crippen LogP contribution in [-0.4, -0.2) is 25.3 Å². The third-order valence-corrected chi connectivity index (χ3v) is 5.29. The van der Waals surface area contributed by atoms with Crippen LogP contribution in [-0.2, 0) is 0 Å². The molecule has 3 heterocycles. The summed E-state index contributed by atoms with van der Waals surface area (Å²) in [6, 6.07) is 1.70. The minimum absolute atomic E-state index is 0.0891. The second kappa shape index (κ2) is 6.68. The first-order chi connectivity index (χ1) is 11.5. The summed E-state index contributed by atoms with van der Waals surface area (Å²) in [7, 11) is 0. The smallest absolute Gasteiger partial charge is 0.263 e. The summed E-state index contributed by atoms with van der Waals surface area (Å²) in [6.07, 6.45) is 6.27. The van der Waals surface area contributed by atoms with E-state index in [1.54, 1.807) is 6.20 Å². The first-order valence-electron chi connectivity index (χ1n) is 8.07. The van der Waals surface area contributed by atoms with Gasteiger partial charge in [-0.25, -0.2) is 15.0 Å². The van der Waals surface area contributed by atoms with Crippen LogP contribution in [0.4, 0.5) is 0 Å². The maximum atomic E-state index is 12.7. The number of hydrogen-bond acceptors (Lipinski definition) is 5. The minimum atomic E-state index is -0.150. The van der Waals surface area contributed by atoms with Crippen molar-refractivity contribution in [3.05, 3.63) is 45.9 Å². The fraction of sp³-hybridized carbons (Fsp3) is 0.412. The SMILES string of the molecule is CC[C@@H](NC(=O)c1sc(C(C)C)nc1C)c1cn2cccnc2n1. The molecule has 0 saturated carbocycles. The average Bonchev–Trinajstić information content (AvgIpc) is 3.15. The highest BCUT2D eigenvalue weighted by molar-refractivity contribution is 7.13. The highest BCUT2D eigenvalue weighted by atomic mass is 32.1. The van der Waals surface area contributed by atoms with Crippen LogP contribution in [0.1, 0.15) is 65.2 Å². The van der Waals surface area contributed by atoms with Gasteiger partial charge >= 0.3 is 0 Å². The van der Waals surface area contributed by atoms with E-state index in [9.17, 15) is 4.79 Å². The summed E-state index contributed by atoms with van der Waals surface area (Å²) in [5, 5.41) is 4.07. The lowest BCUT2D eigenvalue weighted by molar-refractivity contribution is 0.0938. The fourth-order valence-electron chi connectivity index (χ4n) is 2.50. The number of carbonyl (C=O) groups excluding carboxylic acids is 1. The van der Waals surface area contributed by atoms with Crippen molar-refractivity contribution in [3.8, 4) is 0 Å². The lowest BCUT2D eigenvalue weighted by atomic mass is 10.1. The molecule has 0 saturated heterocycles. The van der Waals surface area contributed by atoms with Gasteiger partial charge in [0.25, 0.3) is 5.91 Å². The summed E-state index contributed by atoms with van der Waals surface area (Å²) in [4.78, 5) is 26.6. The van der Waals surface area contributed by atoms with Gasteiger partial charge in [0, 0.05) is 24.5 Å². The van der Waals surface area contributed by atoms with Crippen LogP contribution in [0.5, 0.6) is 0 Å². The molecule has 3 aromatic rings. The number of imidazole rings is 1. The van der Waals surface area contributed by atoms with E-state index < -0.39 is 0 Å². The molecule has 3 rings (SSSR count). The molecule has 0 aliphatic heterocycles. The Morgan fingerprint density at radius 3 is 2.79 bits per heavy atom. The standard InChI is InChI=1S/C17H21N5OS/c1-5-12(13-9-22-8-6-7-18-17(22)21-13)20-15(23)14-11(4)19-16(24-14)10(2)3/h6-10,12H,5H2,1-4H3,(H,20,23)/t12-/m1/s1.